The third-order valence-electron chi connectivity index (χ3n) is 1.96. The molecule has 2 aromatic heterocycles. The van der Waals surface area contributed by atoms with Crippen molar-refractivity contribution in [3.63, 3.8) is 0 Å². The summed E-state index contributed by atoms with van der Waals surface area (Å²) < 4.78 is 0. The zero-order valence-corrected chi connectivity index (χ0v) is 7.81. The summed E-state index contributed by atoms with van der Waals surface area (Å²) in [4.78, 5) is 8.20. The summed E-state index contributed by atoms with van der Waals surface area (Å²) in [5, 5.41) is 9.57. The summed E-state index contributed by atoms with van der Waals surface area (Å²) in [5.74, 6) is 0.193. The van der Waals surface area contributed by atoms with Crippen molar-refractivity contribution in [1.82, 2.24) is 9.97 Å². The molecular weight excluding hydrogens is 176 g/mol. The van der Waals surface area contributed by atoms with Crippen LogP contribution in [0.5, 0.6) is 5.75 Å². The van der Waals surface area contributed by atoms with Gasteiger partial charge in [0.25, 0.3) is 0 Å². The minimum atomic E-state index is 0.193. The molecule has 3 heteroatoms. The predicted molar refractivity (Wildman–Crippen MR) is 53.9 cm³/mol. The molecule has 0 aliphatic carbocycles. The van der Waals surface area contributed by atoms with Gasteiger partial charge in [0.05, 0.1) is 0 Å². The minimum absolute atomic E-state index is 0.193. The first-order valence-corrected chi connectivity index (χ1v) is 4.34. The van der Waals surface area contributed by atoms with Gasteiger partial charge in [-0.15, -0.1) is 0 Å². The Kier molecular flexibility index (Phi) is 2.14. The molecule has 2 heterocycles. The number of aromatic hydroxyl groups is 1. The van der Waals surface area contributed by atoms with Crippen LogP contribution >= 0.6 is 0 Å². The van der Waals surface area contributed by atoms with E-state index in [0.29, 0.717) is 5.69 Å². The molecule has 0 atom stereocenters. The molecule has 1 N–H and O–H groups in total. The maximum atomic E-state index is 9.57. The standard InChI is InChI=1S/C11H10N2O/c1-8-7-9(4-6-12-8)11-10(14)3-2-5-13-11/h2-7,14H,1H3. The van der Waals surface area contributed by atoms with Crippen molar-refractivity contribution in [2.45, 2.75) is 6.92 Å². The van der Waals surface area contributed by atoms with Gasteiger partial charge in [-0.25, -0.2) is 0 Å². The van der Waals surface area contributed by atoms with Crippen molar-refractivity contribution in [2.24, 2.45) is 0 Å². The van der Waals surface area contributed by atoms with E-state index in [2.05, 4.69) is 9.97 Å². The number of hydrogen-bond acceptors (Lipinski definition) is 3. The second kappa shape index (κ2) is 3.46. The molecule has 0 radical (unpaired) electrons. The molecular formula is C11H10N2O. The van der Waals surface area contributed by atoms with Gasteiger partial charge in [0.1, 0.15) is 11.4 Å². The van der Waals surface area contributed by atoms with Crippen LogP contribution in [0.4, 0.5) is 0 Å². The summed E-state index contributed by atoms with van der Waals surface area (Å²) in [6, 6.07) is 7.04. The van der Waals surface area contributed by atoms with E-state index in [1.165, 1.54) is 0 Å². The van der Waals surface area contributed by atoms with Gasteiger partial charge in [-0.2, -0.15) is 0 Å². The Morgan fingerprint density at radius 3 is 2.71 bits per heavy atom. The average Bonchev–Trinajstić information content (AvgIpc) is 2.18. The molecule has 2 aromatic rings. The topological polar surface area (TPSA) is 46.0 Å². The van der Waals surface area contributed by atoms with Crippen molar-refractivity contribution >= 4 is 0 Å². The third kappa shape index (κ3) is 1.57. The zero-order chi connectivity index (χ0) is 9.97. The highest BCUT2D eigenvalue weighted by Gasteiger charge is 2.04. The summed E-state index contributed by atoms with van der Waals surface area (Å²) in [6.45, 7) is 1.91. The van der Waals surface area contributed by atoms with E-state index in [4.69, 9.17) is 0 Å². The lowest BCUT2D eigenvalue weighted by Gasteiger charge is -2.02. The smallest absolute Gasteiger partial charge is 0.141 e. The molecule has 2 rings (SSSR count). The third-order valence-corrected chi connectivity index (χ3v) is 1.96. The highest BCUT2D eigenvalue weighted by atomic mass is 16.3. The molecule has 0 fully saturated rings. The van der Waals surface area contributed by atoms with Gasteiger partial charge < -0.3 is 5.11 Å². The highest BCUT2D eigenvalue weighted by Crippen LogP contribution is 2.25. The van der Waals surface area contributed by atoms with Gasteiger partial charge >= 0.3 is 0 Å². The number of aromatic nitrogens is 2. The Labute approximate surface area is 82.1 Å². The van der Waals surface area contributed by atoms with E-state index in [-0.39, 0.29) is 5.75 Å². The number of hydrogen-bond donors (Lipinski definition) is 1. The molecule has 0 spiro atoms. The number of nitrogens with zero attached hydrogens (tertiary/aromatic N) is 2. The molecule has 14 heavy (non-hydrogen) atoms. The van der Waals surface area contributed by atoms with Crippen molar-refractivity contribution in [2.75, 3.05) is 0 Å². The predicted octanol–water partition coefficient (Wildman–Crippen LogP) is 2.16. The Balaban J connectivity index is 2.55. The van der Waals surface area contributed by atoms with E-state index in [9.17, 15) is 5.11 Å². The van der Waals surface area contributed by atoms with Crippen molar-refractivity contribution in [1.29, 1.82) is 0 Å². The first-order valence-electron chi connectivity index (χ1n) is 4.34. The van der Waals surface area contributed by atoms with E-state index >= 15 is 0 Å². The second-order valence-electron chi connectivity index (χ2n) is 3.06. The SMILES string of the molecule is Cc1cc(-c2ncccc2O)ccn1. The molecule has 3 nitrogen and oxygen atoms in total. The summed E-state index contributed by atoms with van der Waals surface area (Å²) in [7, 11) is 0. The molecule has 0 saturated carbocycles. The van der Waals surface area contributed by atoms with Crippen molar-refractivity contribution < 1.29 is 5.11 Å². The lowest BCUT2D eigenvalue weighted by molar-refractivity contribution is 0.475. The zero-order valence-electron chi connectivity index (χ0n) is 7.81. The lowest BCUT2D eigenvalue weighted by Crippen LogP contribution is -1.86. The Morgan fingerprint density at radius 1 is 1.14 bits per heavy atom. The van der Waals surface area contributed by atoms with E-state index in [1.54, 1.807) is 24.5 Å². The van der Waals surface area contributed by atoms with Crippen LogP contribution in [0.1, 0.15) is 5.69 Å². The monoisotopic (exact) mass is 186 g/mol. The largest absolute Gasteiger partial charge is 0.506 e. The van der Waals surface area contributed by atoms with Crippen LogP contribution in [0.25, 0.3) is 11.3 Å². The fraction of sp³-hybridized carbons (Fsp3) is 0.0909. The molecule has 0 aromatic carbocycles. The lowest BCUT2D eigenvalue weighted by atomic mass is 10.1. The van der Waals surface area contributed by atoms with Crippen LogP contribution in [0.15, 0.2) is 36.7 Å². The summed E-state index contributed by atoms with van der Waals surface area (Å²) in [5.41, 5.74) is 2.39. The van der Waals surface area contributed by atoms with Gasteiger partial charge in [-0.3, -0.25) is 9.97 Å². The van der Waals surface area contributed by atoms with E-state index in [1.807, 2.05) is 19.1 Å². The Hall–Kier alpha value is -1.90. The fourth-order valence-corrected chi connectivity index (χ4v) is 1.31. The first kappa shape index (κ1) is 8.69. The molecule has 0 aliphatic heterocycles. The molecule has 0 unspecified atom stereocenters. The number of pyridine rings is 2. The van der Waals surface area contributed by atoms with E-state index < -0.39 is 0 Å². The van der Waals surface area contributed by atoms with Crippen molar-refractivity contribution in [3.8, 4) is 17.0 Å². The van der Waals surface area contributed by atoms with Crippen LogP contribution in [0, 0.1) is 6.92 Å². The fourth-order valence-electron chi connectivity index (χ4n) is 1.31. The molecule has 70 valence electrons. The van der Waals surface area contributed by atoms with Crippen molar-refractivity contribution in [3.05, 3.63) is 42.4 Å². The molecule has 0 amide bonds. The minimum Gasteiger partial charge on any atom is -0.506 e. The van der Waals surface area contributed by atoms with Gasteiger partial charge in [-0.05, 0) is 31.2 Å². The quantitative estimate of drug-likeness (QED) is 0.742. The average molecular weight is 186 g/mol. The Bertz CT molecular complexity index is 455. The van der Waals surface area contributed by atoms with Crippen LogP contribution < -0.4 is 0 Å². The number of aryl methyl sites for hydroxylation is 1. The molecule has 0 saturated heterocycles. The van der Waals surface area contributed by atoms with Crippen LogP contribution in [0.3, 0.4) is 0 Å². The normalized spacial score (nSPS) is 10.1. The van der Waals surface area contributed by atoms with Gasteiger partial charge in [0, 0.05) is 23.7 Å². The van der Waals surface area contributed by atoms with Gasteiger partial charge in [0.15, 0.2) is 0 Å². The highest BCUT2D eigenvalue weighted by molar-refractivity contribution is 5.65. The maximum absolute atomic E-state index is 9.57. The summed E-state index contributed by atoms with van der Waals surface area (Å²) >= 11 is 0. The van der Waals surface area contributed by atoms with Gasteiger partial charge in [0.2, 0.25) is 0 Å². The maximum Gasteiger partial charge on any atom is 0.141 e. The van der Waals surface area contributed by atoms with Gasteiger partial charge in [-0.1, -0.05) is 0 Å². The summed E-state index contributed by atoms with van der Waals surface area (Å²) in [6.07, 6.45) is 3.36. The van der Waals surface area contributed by atoms with Crippen LogP contribution in [-0.4, -0.2) is 15.1 Å². The van der Waals surface area contributed by atoms with E-state index in [0.717, 1.165) is 11.3 Å². The molecule has 0 aliphatic rings. The molecule has 0 bridgehead atoms. The van der Waals surface area contributed by atoms with Crippen LogP contribution in [-0.2, 0) is 0 Å². The number of rotatable bonds is 1. The Morgan fingerprint density at radius 2 is 2.00 bits per heavy atom. The first-order chi connectivity index (χ1) is 6.77. The second-order valence-corrected chi connectivity index (χ2v) is 3.06. The van der Waals surface area contributed by atoms with Crippen LogP contribution in [0.2, 0.25) is 0 Å².